The number of nitro benzene ring substituents is 1. The zero-order chi connectivity index (χ0) is 33.2. The van der Waals surface area contributed by atoms with Crippen molar-refractivity contribution in [2.45, 2.75) is 122 Å². The number of anilines is 1. The molecule has 254 valence electrons. The minimum atomic E-state index is -0.856. The molecule has 0 bridgehead atoms. The summed E-state index contributed by atoms with van der Waals surface area (Å²) in [5, 5.41) is 31.5. The third-order valence-corrected chi connectivity index (χ3v) is 7.94. The van der Waals surface area contributed by atoms with E-state index in [1.165, 1.54) is 102 Å². The summed E-state index contributed by atoms with van der Waals surface area (Å²) in [5.74, 6) is -1.43. The highest BCUT2D eigenvalue weighted by molar-refractivity contribution is 5.91. The van der Waals surface area contributed by atoms with Gasteiger partial charge in [0.05, 0.1) is 30.1 Å². The molecule has 0 saturated carbocycles. The van der Waals surface area contributed by atoms with E-state index in [-0.39, 0.29) is 23.4 Å². The van der Waals surface area contributed by atoms with Gasteiger partial charge in [-0.05, 0) is 42.7 Å². The van der Waals surface area contributed by atoms with Crippen molar-refractivity contribution in [1.82, 2.24) is 0 Å². The van der Waals surface area contributed by atoms with Crippen molar-refractivity contribution in [3.63, 3.8) is 0 Å². The third kappa shape index (κ3) is 17.6. The Hall–Kier alpha value is -3.82. The average molecular weight is 639 g/mol. The van der Waals surface area contributed by atoms with Crippen molar-refractivity contribution in [3.8, 4) is 0 Å². The minimum absolute atomic E-state index is 0.0377. The number of nitro groups is 1. The predicted molar refractivity (Wildman–Crippen MR) is 183 cm³/mol. The van der Waals surface area contributed by atoms with E-state index in [0.29, 0.717) is 26.1 Å². The van der Waals surface area contributed by atoms with Gasteiger partial charge < -0.3 is 15.2 Å². The Labute approximate surface area is 274 Å². The molecule has 0 saturated heterocycles. The monoisotopic (exact) mass is 638 g/mol. The highest BCUT2D eigenvalue weighted by atomic mass is 16.6. The smallest absolute Gasteiger partial charge is 0.338 e. The summed E-state index contributed by atoms with van der Waals surface area (Å²) in [6.45, 7) is 3.23. The number of carboxylic acids is 1. The SMILES string of the molecule is CCCCCCCCCCCCCCCCCCOC(=O)c1ccc(N=NCCc2ccc(NCCC(=O)O)cc2)c([N+](=O)[O-])c1. The molecule has 0 amide bonds. The molecule has 0 spiro atoms. The van der Waals surface area contributed by atoms with Crippen LogP contribution in [0.25, 0.3) is 0 Å². The average Bonchev–Trinajstić information content (AvgIpc) is 3.05. The molecule has 0 heterocycles. The van der Waals surface area contributed by atoms with Crippen LogP contribution in [0.1, 0.15) is 132 Å². The Kier molecular flexibility index (Phi) is 20.4. The number of ether oxygens (including phenoxy) is 1. The molecule has 10 heteroatoms. The van der Waals surface area contributed by atoms with Crippen LogP contribution in [0.5, 0.6) is 0 Å². The number of esters is 1. The predicted octanol–water partition coefficient (Wildman–Crippen LogP) is 10.2. The van der Waals surface area contributed by atoms with Gasteiger partial charge in [-0.25, -0.2) is 4.79 Å². The first-order valence-corrected chi connectivity index (χ1v) is 17.3. The summed E-state index contributed by atoms with van der Waals surface area (Å²) >= 11 is 0. The fourth-order valence-corrected chi connectivity index (χ4v) is 5.19. The van der Waals surface area contributed by atoms with Crippen LogP contribution in [-0.4, -0.2) is 41.7 Å². The van der Waals surface area contributed by atoms with Crippen LogP contribution in [0, 0.1) is 10.1 Å². The topological polar surface area (TPSA) is 143 Å². The van der Waals surface area contributed by atoms with Crippen LogP contribution in [0.3, 0.4) is 0 Å². The number of carboxylic acid groups (broad SMARTS) is 1. The highest BCUT2D eigenvalue weighted by Crippen LogP contribution is 2.29. The molecule has 0 aliphatic heterocycles. The van der Waals surface area contributed by atoms with E-state index in [2.05, 4.69) is 22.5 Å². The van der Waals surface area contributed by atoms with Crippen molar-refractivity contribution in [3.05, 3.63) is 63.7 Å². The first-order valence-electron chi connectivity index (χ1n) is 17.3. The van der Waals surface area contributed by atoms with Gasteiger partial charge >= 0.3 is 11.9 Å². The summed E-state index contributed by atoms with van der Waals surface area (Å²) in [7, 11) is 0. The number of benzene rings is 2. The van der Waals surface area contributed by atoms with E-state index in [1.54, 1.807) is 0 Å². The lowest BCUT2D eigenvalue weighted by molar-refractivity contribution is -0.384. The lowest BCUT2D eigenvalue weighted by Crippen LogP contribution is -2.07. The summed E-state index contributed by atoms with van der Waals surface area (Å²) in [4.78, 5) is 34.2. The molecular weight excluding hydrogens is 584 g/mol. The van der Waals surface area contributed by atoms with Crippen LogP contribution >= 0.6 is 0 Å². The maximum atomic E-state index is 12.5. The summed E-state index contributed by atoms with van der Waals surface area (Å²) < 4.78 is 5.36. The fourth-order valence-electron chi connectivity index (χ4n) is 5.19. The molecule has 0 fully saturated rings. The molecule has 2 rings (SSSR count). The van der Waals surface area contributed by atoms with Gasteiger partial charge in [0.15, 0.2) is 5.69 Å². The van der Waals surface area contributed by atoms with Crippen molar-refractivity contribution < 1.29 is 24.4 Å². The van der Waals surface area contributed by atoms with Gasteiger partial charge in [-0.1, -0.05) is 115 Å². The molecule has 0 aliphatic carbocycles. The zero-order valence-electron chi connectivity index (χ0n) is 27.7. The van der Waals surface area contributed by atoms with E-state index in [4.69, 9.17) is 9.84 Å². The highest BCUT2D eigenvalue weighted by Gasteiger charge is 2.18. The molecule has 46 heavy (non-hydrogen) atoms. The number of aliphatic carboxylic acids is 1. The van der Waals surface area contributed by atoms with Gasteiger partial charge in [0.25, 0.3) is 5.69 Å². The summed E-state index contributed by atoms with van der Waals surface area (Å²) in [6.07, 6.45) is 21.0. The first kappa shape index (κ1) is 38.4. The number of nitrogens with one attached hydrogen (secondary N) is 1. The van der Waals surface area contributed by atoms with E-state index >= 15 is 0 Å². The van der Waals surface area contributed by atoms with Gasteiger partial charge in [-0.2, -0.15) is 5.11 Å². The van der Waals surface area contributed by atoms with E-state index in [1.807, 2.05) is 24.3 Å². The van der Waals surface area contributed by atoms with Crippen molar-refractivity contribution >= 4 is 29.0 Å². The van der Waals surface area contributed by atoms with Gasteiger partial charge in [0.1, 0.15) is 0 Å². The van der Waals surface area contributed by atoms with E-state index < -0.39 is 16.9 Å². The quantitative estimate of drug-likeness (QED) is 0.0326. The molecule has 0 aliphatic rings. The lowest BCUT2D eigenvalue weighted by atomic mass is 10.0. The first-order chi connectivity index (χ1) is 22.4. The van der Waals surface area contributed by atoms with E-state index in [9.17, 15) is 19.7 Å². The van der Waals surface area contributed by atoms with Gasteiger partial charge in [-0.15, -0.1) is 5.11 Å². The van der Waals surface area contributed by atoms with Crippen molar-refractivity contribution in [2.24, 2.45) is 10.2 Å². The number of hydrogen-bond acceptors (Lipinski definition) is 8. The van der Waals surface area contributed by atoms with Gasteiger partial charge in [0.2, 0.25) is 0 Å². The molecule has 0 radical (unpaired) electrons. The zero-order valence-corrected chi connectivity index (χ0v) is 27.7. The number of nitrogens with zero attached hydrogens (tertiary/aromatic N) is 3. The van der Waals surface area contributed by atoms with Crippen LogP contribution in [0.2, 0.25) is 0 Å². The molecule has 0 atom stereocenters. The molecule has 2 N–H and O–H groups in total. The molecule has 2 aromatic rings. The lowest BCUT2D eigenvalue weighted by Gasteiger charge is -2.06. The number of carbonyl (C=O) groups is 2. The third-order valence-electron chi connectivity index (χ3n) is 7.94. The minimum Gasteiger partial charge on any atom is -0.481 e. The second kappa shape index (κ2) is 24.4. The Morgan fingerprint density at radius 1 is 0.826 bits per heavy atom. The second-order valence-electron chi connectivity index (χ2n) is 11.9. The number of unbranched alkanes of at least 4 members (excludes halogenated alkanes) is 15. The fraction of sp³-hybridized carbons (Fsp3) is 0.611. The maximum Gasteiger partial charge on any atom is 0.338 e. The second-order valence-corrected chi connectivity index (χ2v) is 11.9. The standard InChI is InChI=1S/C36H54N4O6/c1-2-3-4-5-6-7-8-9-10-11-12-13-14-15-16-17-28-46-36(43)31-20-23-33(34(29-31)40(44)45)39-38-27-24-30-18-21-32(22-19-30)37-26-25-35(41)42/h18-23,29,37H,2-17,24-28H2,1H3,(H,41,42). The summed E-state index contributed by atoms with van der Waals surface area (Å²) in [6, 6.07) is 11.6. The Balaban J connectivity index is 1.59. The largest absolute Gasteiger partial charge is 0.481 e. The van der Waals surface area contributed by atoms with Crippen LogP contribution in [-0.2, 0) is 16.0 Å². The van der Waals surface area contributed by atoms with E-state index in [0.717, 1.165) is 30.5 Å². The molecule has 2 aromatic carbocycles. The number of azo groups is 1. The Bertz CT molecular complexity index is 1190. The van der Waals surface area contributed by atoms with Crippen LogP contribution in [0.15, 0.2) is 52.7 Å². The van der Waals surface area contributed by atoms with Gasteiger partial charge in [-0.3, -0.25) is 14.9 Å². The van der Waals surface area contributed by atoms with Crippen LogP contribution < -0.4 is 5.32 Å². The normalized spacial score (nSPS) is 11.2. The molecule has 0 aromatic heterocycles. The number of carbonyl (C=O) groups excluding carboxylic acids is 1. The van der Waals surface area contributed by atoms with Crippen molar-refractivity contribution in [1.29, 1.82) is 0 Å². The van der Waals surface area contributed by atoms with Crippen molar-refractivity contribution in [2.75, 3.05) is 25.0 Å². The molecular formula is C36H54N4O6. The van der Waals surface area contributed by atoms with Gasteiger partial charge in [0, 0.05) is 18.3 Å². The number of rotatable bonds is 27. The number of hydrogen-bond donors (Lipinski definition) is 2. The molecule has 0 unspecified atom stereocenters. The Morgan fingerprint density at radius 2 is 1.39 bits per heavy atom. The van der Waals surface area contributed by atoms with Crippen LogP contribution in [0.4, 0.5) is 17.1 Å². The summed E-state index contributed by atoms with van der Waals surface area (Å²) in [5.41, 5.74) is 1.74. The Morgan fingerprint density at radius 3 is 1.93 bits per heavy atom. The maximum absolute atomic E-state index is 12.5. The molecule has 10 nitrogen and oxygen atoms in total.